The van der Waals surface area contributed by atoms with Crippen LogP contribution in [0.25, 0.3) is 10.2 Å². The molecule has 1 aliphatic carbocycles. The van der Waals surface area contributed by atoms with Crippen molar-refractivity contribution in [1.82, 2.24) is 9.88 Å². The summed E-state index contributed by atoms with van der Waals surface area (Å²) in [6.45, 7) is 3.88. The number of fused-ring (bicyclic) bond motifs is 1. The van der Waals surface area contributed by atoms with Crippen LogP contribution in [0.3, 0.4) is 0 Å². The first-order chi connectivity index (χ1) is 10.7. The standard InChI is InChI=1S/C16H19N3O2S/c1-10-9-19(6-7-21-10)16(20)17-12-4-5-13-14(8-12)22-15(18-13)11-2-3-11/h4-5,8,10-11H,2-3,6-7,9H2,1H3,(H,17,20). The van der Waals surface area contributed by atoms with Crippen molar-refractivity contribution < 1.29 is 9.53 Å². The minimum Gasteiger partial charge on any atom is -0.375 e. The van der Waals surface area contributed by atoms with Crippen molar-refractivity contribution in [2.24, 2.45) is 0 Å². The molecule has 1 saturated carbocycles. The Labute approximate surface area is 133 Å². The van der Waals surface area contributed by atoms with Crippen molar-refractivity contribution in [2.75, 3.05) is 25.0 Å². The first-order valence-corrected chi connectivity index (χ1v) is 8.59. The maximum absolute atomic E-state index is 12.3. The number of benzene rings is 1. The van der Waals surface area contributed by atoms with Gasteiger partial charge in [-0.15, -0.1) is 11.3 Å². The second-order valence-corrected chi connectivity index (χ2v) is 7.13. The number of aromatic nitrogens is 1. The zero-order chi connectivity index (χ0) is 15.1. The highest BCUT2D eigenvalue weighted by Crippen LogP contribution is 2.43. The molecule has 5 nitrogen and oxygen atoms in total. The molecule has 1 atom stereocenters. The van der Waals surface area contributed by atoms with Gasteiger partial charge in [0.15, 0.2) is 0 Å². The quantitative estimate of drug-likeness (QED) is 0.923. The summed E-state index contributed by atoms with van der Waals surface area (Å²) in [5.41, 5.74) is 1.87. The van der Waals surface area contributed by atoms with Crippen molar-refractivity contribution >= 4 is 33.3 Å². The summed E-state index contributed by atoms with van der Waals surface area (Å²) in [7, 11) is 0. The topological polar surface area (TPSA) is 54.5 Å². The highest BCUT2D eigenvalue weighted by Gasteiger charge is 2.27. The molecule has 1 N–H and O–H groups in total. The van der Waals surface area contributed by atoms with Gasteiger partial charge in [-0.2, -0.15) is 0 Å². The highest BCUT2D eigenvalue weighted by atomic mass is 32.1. The zero-order valence-corrected chi connectivity index (χ0v) is 13.4. The number of hydrogen-bond acceptors (Lipinski definition) is 4. The lowest BCUT2D eigenvalue weighted by Crippen LogP contribution is -2.46. The number of carbonyl (C=O) groups excluding carboxylic acids is 1. The van der Waals surface area contributed by atoms with E-state index in [0.29, 0.717) is 25.6 Å². The van der Waals surface area contributed by atoms with E-state index in [2.05, 4.69) is 10.3 Å². The van der Waals surface area contributed by atoms with Gasteiger partial charge in [-0.05, 0) is 38.0 Å². The molecule has 1 unspecified atom stereocenters. The monoisotopic (exact) mass is 317 g/mol. The number of ether oxygens (including phenoxy) is 1. The Balaban J connectivity index is 1.49. The van der Waals surface area contributed by atoms with Crippen LogP contribution in [0.2, 0.25) is 0 Å². The predicted octanol–water partition coefficient (Wildman–Crippen LogP) is 3.43. The van der Waals surface area contributed by atoms with Crippen LogP contribution in [-0.2, 0) is 4.74 Å². The number of rotatable bonds is 2. The summed E-state index contributed by atoms with van der Waals surface area (Å²) in [6.07, 6.45) is 2.63. The molecule has 1 aromatic carbocycles. The number of urea groups is 1. The Morgan fingerprint density at radius 1 is 1.45 bits per heavy atom. The van der Waals surface area contributed by atoms with Crippen LogP contribution in [0.15, 0.2) is 18.2 Å². The second-order valence-electron chi connectivity index (χ2n) is 6.07. The Hall–Kier alpha value is -1.66. The van der Waals surface area contributed by atoms with Crippen molar-refractivity contribution in [3.05, 3.63) is 23.2 Å². The molecule has 2 aliphatic rings. The molecule has 2 heterocycles. The van der Waals surface area contributed by atoms with Gasteiger partial charge in [0, 0.05) is 24.7 Å². The van der Waals surface area contributed by atoms with Gasteiger partial charge in [-0.25, -0.2) is 9.78 Å². The fourth-order valence-corrected chi connectivity index (χ4v) is 3.91. The summed E-state index contributed by atoms with van der Waals surface area (Å²) >= 11 is 1.75. The summed E-state index contributed by atoms with van der Waals surface area (Å²) in [5.74, 6) is 0.672. The molecule has 2 fully saturated rings. The number of hydrogen-bond donors (Lipinski definition) is 1. The van der Waals surface area contributed by atoms with Crippen LogP contribution in [0, 0.1) is 0 Å². The Morgan fingerprint density at radius 3 is 3.09 bits per heavy atom. The molecule has 4 rings (SSSR count). The predicted molar refractivity (Wildman–Crippen MR) is 87.6 cm³/mol. The second kappa shape index (κ2) is 5.52. The molecule has 1 aromatic heterocycles. The summed E-state index contributed by atoms with van der Waals surface area (Å²) < 4.78 is 6.62. The van der Waals surface area contributed by atoms with E-state index in [1.54, 1.807) is 16.2 Å². The fraction of sp³-hybridized carbons (Fsp3) is 0.500. The van der Waals surface area contributed by atoms with Crippen LogP contribution >= 0.6 is 11.3 Å². The third-order valence-corrected chi connectivity index (χ3v) is 5.29. The third-order valence-electron chi connectivity index (χ3n) is 4.11. The van der Waals surface area contributed by atoms with E-state index in [-0.39, 0.29) is 12.1 Å². The minimum atomic E-state index is -0.0542. The Kier molecular flexibility index (Phi) is 3.50. The van der Waals surface area contributed by atoms with Crippen LogP contribution in [0.5, 0.6) is 0 Å². The number of anilines is 1. The minimum absolute atomic E-state index is 0.0542. The van der Waals surface area contributed by atoms with Gasteiger partial charge in [0.2, 0.25) is 0 Å². The first-order valence-electron chi connectivity index (χ1n) is 7.77. The molecule has 0 spiro atoms. The summed E-state index contributed by atoms with van der Waals surface area (Å²) in [4.78, 5) is 18.8. The van der Waals surface area contributed by atoms with Gasteiger partial charge in [0.05, 0.1) is 27.9 Å². The summed E-state index contributed by atoms with van der Waals surface area (Å²) in [6, 6.07) is 5.90. The lowest BCUT2D eigenvalue weighted by molar-refractivity contribution is -0.00138. The number of thiazole rings is 1. The molecule has 116 valence electrons. The zero-order valence-electron chi connectivity index (χ0n) is 12.5. The molecule has 1 aliphatic heterocycles. The van der Waals surface area contributed by atoms with E-state index in [1.165, 1.54) is 17.8 Å². The Morgan fingerprint density at radius 2 is 2.32 bits per heavy atom. The number of carbonyl (C=O) groups is 1. The first kappa shape index (κ1) is 14.0. The molecule has 1 saturated heterocycles. The molecule has 2 aromatic rings. The van der Waals surface area contributed by atoms with Crippen LogP contribution in [-0.4, -0.2) is 41.7 Å². The van der Waals surface area contributed by atoms with Gasteiger partial charge in [0.25, 0.3) is 0 Å². The van der Waals surface area contributed by atoms with Gasteiger partial charge >= 0.3 is 6.03 Å². The van der Waals surface area contributed by atoms with Crippen molar-refractivity contribution in [3.63, 3.8) is 0 Å². The van der Waals surface area contributed by atoms with E-state index in [1.807, 2.05) is 25.1 Å². The van der Waals surface area contributed by atoms with E-state index >= 15 is 0 Å². The molecule has 0 radical (unpaired) electrons. The molecular weight excluding hydrogens is 298 g/mol. The van der Waals surface area contributed by atoms with Crippen LogP contribution in [0.1, 0.15) is 30.7 Å². The average molecular weight is 317 g/mol. The third kappa shape index (κ3) is 2.80. The number of nitrogens with zero attached hydrogens (tertiary/aromatic N) is 2. The lowest BCUT2D eigenvalue weighted by Gasteiger charge is -2.31. The number of nitrogens with one attached hydrogen (secondary N) is 1. The highest BCUT2D eigenvalue weighted by molar-refractivity contribution is 7.18. The number of amides is 2. The van der Waals surface area contributed by atoms with Gasteiger partial charge in [-0.1, -0.05) is 0 Å². The largest absolute Gasteiger partial charge is 0.375 e. The van der Waals surface area contributed by atoms with E-state index in [9.17, 15) is 4.79 Å². The maximum Gasteiger partial charge on any atom is 0.322 e. The normalized spacial score (nSPS) is 22.0. The lowest BCUT2D eigenvalue weighted by atomic mass is 10.3. The van der Waals surface area contributed by atoms with Crippen LogP contribution < -0.4 is 5.32 Å². The average Bonchev–Trinajstić information content (AvgIpc) is 3.27. The SMILES string of the molecule is CC1CN(C(=O)Nc2ccc3nc(C4CC4)sc3c2)CCO1. The van der Waals surface area contributed by atoms with E-state index in [4.69, 9.17) is 4.74 Å². The molecule has 2 amide bonds. The fourth-order valence-electron chi connectivity index (χ4n) is 2.73. The van der Waals surface area contributed by atoms with Crippen LogP contribution in [0.4, 0.5) is 10.5 Å². The van der Waals surface area contributed by atoms with Gasteiger partial charge in [-0.3, -0.25) is 0 Å². The van der Waals surface area contributed by atoms with E-state index < -0.39 is 0 Å². The van der Waals surface area contributed by atoms with Gasteiger partial charge < -0.3 is 15.0 Å². The van der Waals surface area contributed by atoms with E-state index in [0.717, 1.165) is 15.9 Å². The molecule has 6 heteroatoms. The molecule has 22 heavy (non-hydrogen) atoms. The van der Waals surface area contributed by atoms with Gasteiger partial charge in [0.1, 0.15) is 0 Å². The Bertz CT molecular complexity index is 710. The smallest absolute Gasteiger partial charge is 0.322 e. The van der Waals surface area contributed by atoms with Crippen molar-refractivity contribution in [1.29, 1.82) is 0 Å². The molecule has 0 bridgehead atoms. The maximum atomic E-state index is 12.3. The molecular formula is C16H19N3O2S. The summed E-state index contributed by atoms with van der Waals surface area (Å²) in [5, 5.41) is 4.23. The number of morpholine rings is 1. The van der Waals surface area contributed by atoms with Crippen molar-refractivity contribution in [2.45, 2.75) is 31.8 Å². The van der Waals surface area contributed by atoms with Crippen molar-refractivity contribution in [3.8, 4) is 0 Å².